The Morgan fingerprint density at radius 2 is 2.22 bits per heavy atom. The van der Waals surface area contributed by atoms with Gasteiger partial charge in [0.2, 0.25) is 0 Å². The average molecular weight is 249 g/mol. The van der Waals surface area contributed by atoms with Gasteiger partial charge in [0.1, 0.15) is 0 Å². The summed E-state index contributed by atoms with van der Waals surface area (Å²) in [7, 11) is 1.91. The molecule has 2 aliphatic carbocycles. The minimum atomic E-state index is -0.143. The highest BCUT2D eigenvalue weighted by Crippen LogP contribution is 2.33. The van der Waals surface area contributed by atoms with Gasteiger partial charge < -0.3 is 14.6 Å². The first kappa shape index (κ1) is 11.7. The molecule has 0 aromatic carbocycles. The number of nitrogens with zero attached hydrogens (tertiary/aromatic N) is 3. The van der Waals surface area contributed by atoms with Crippen molar-refractivity contribution in [3.8, 4) is 0 Å². The van der Waals surface area contributed by atoms with Crippen LogP contribution in [-0.4, -0.2) is 34.4 Å². The van der Waals surface area contributed by atoms with Gasteiger partial charge in [-0.25, -0.2) is 4.98 Å². The summed E-state index contributed by atoms with van der Waals surface area (Å²) in [4.78, 5) is 18.4. The molecule has 5 nitrogen and oxygen atoms in total. The molecule has 98 valence electrons. The highest BCUT2D eigenvalue weighted by atomic mass is 16.3. The van der Waals surface area contributed by atoms with Crippen LogP contribution in [0.3, 0.4) is 0 Å². The topological polar surface area (TPSA) is 58.4 Å². The molecule has 0 saturated heterocycles. The van der Waals surface area contributed by atoms with E-state index in [1.54, 1.807) is 17.0 Å². The third kappa shape index (κ3) is 2.14. The molecule has 0 amide bonds. The minimum absolute atomic E-state index is 0.0161. The largest absolute Gasteiger partial charge is 0.393 e. The first-order valence-corrected chi connectivity index (χ1v) is 6.61. The zero-order chi connectivity index (χ0) is 12.7. The zero-order valence-electron chi connectivity index (χ0n) is 10.6. The summed E-state index contributed by atoms with van der Waals surface area (Å²) < 4.78 is 1.80. The molecular formula is C13H19N3O2. The fraction of sp³-hybridized carbons (Fsp3) is 0.692. The number of aliphatic hydroxyl groups excluding tert-OH is 1. The molecule has 0 unspecified atom stereocenters. The minimum Gasteiger partial charge on any atom is -0.393 e. The van der Waals surface area contributed by atoms with Gasteiger partial charge in [-0.15, -0.1) is 0 Å². The predicted octanol–water partition coefficient (Wildman–Crippen LogP) is 0.785. The maximum Gasteiger partial charge on any atom is 0.293 e. The molecule has 1 aromatic rings. The SMILES string of the molecule is CN(CC1CC(O)C1)c1nccn(C2CC2)c1=O. The summed E-state index contributed by atoms with van der Waals surface area (Å²) in [6, 6.07) is 0.387. The van der Waals surface area contributed by atoms with Crippen LogP contribution in [0.25, 0.3) is 0 Å². The second kappa shape index (κ2) is 4.39. The molecule has 0 spiro atoms. The highest BCUT2D eigenvalue weighted by molar-refractivity contribution is 5.34. The summed E-state index contributed by atoms with van der Waals surface area (Å²) >= 11 is 0. The van der Waals surface area contributed by atoms with E-state index in [1.165, 1.54) is 0 Å². The molecular weight excluding hydrogens is 230 g/mol. The maximum atomic E-state index is 12.3. The summed E-state index contributed by atoms with van der Waals surface area (Å²) in [5.74, 6) is 1.02. The summed E-state index contributed by atoms with van der Waals surface area (Å²) in [6.07, 6.45) is 7.23. The smallest absolute Gasteiger partial charge is 0.293 e. The molecule has 2 fully saturated rings. The second-order valence-corrected chi connectivity index (χ2v) is 5.57. The van der Waals surface area contributed by atoms with Gasteiger partial charge in [-0.05, 0) is 31.6 Å². The van der Waals surface area contributed by atoms with E-state index in [4.69, 9.17) is 0 Å². The normalized spacial score (nSPS) is 26.8. The molecule has 1 aromatic heterocycles. The van der Waals surface area contributed by atoms with Gasteiger partial charge in [-0.1, -0.05) is 0 Å². The van der Waals surface area contributed by atoms with Crippen LogP contribution < -0.4 is 10.5 Å². The Hall–Kier alpha value is -1.36. The van der Waals surface area contributed by atoms with E-state index in [9.17, 15) is 9.90 Å². The van der Waals surface area contributed by atoms with E-state index < -0.39 is 0 Å². The number of anilines is 1. The van der Waals surface area contributed by atoms with Gasteiger partial charge in [0, 0.05) is 32.0 Å². The van der Waals surface area contributed by atoms with E-state index in [-0.39, 0.29) is 11.7 Å². The van der Waals surface area contributed by atoms with Gasteiger partial charge in [0.25, 0.3) is 5.56 Å². The Kier molecular flexibility index (Phi) is 2.86. The van der Waals surface area contributed by atoms with Gasteiger partial charge in [-0.3, -0.25) is 4.79 Å². The summed E-state index contributed by atoms with van der Waals surface area (Å²) in [6.45, 7) is 0.800. The average Bonchev–Trinajstić information content (AvgIpc) is 3.11. The number of hydrogen-bond acceptors (Lipinski definition) is 4. The van der Waals surface area contributed by atoms with Gasteiger partial charge in [0.15, 0.2) is 5.82 Å². The third-order valence-corrected chi connectivity index (χ3v) is 3.89. The van der Waals surface area contributed by atoms with Crippen molar-refractivity contribution in [3.05, 3.63) is 22.7 Å². The van der Waals surface area contributed by atoms with Crippen molar-refractivity contribution in [1.29, 1.82) is 0 Å². The fourth-order valence-electron chi connectivity index (χ4n) is 2.64. The predicted molar refractivity (Wildman–Crippen MR) is 68.8 cm³/mol. The van der Waals surface area contributed by atoms with Crippen molar-refractivity contribution in [2.45, 2.75) is 37.8 Å². The lowest BCUT2D eigenvalue weighted by Gasteiger charge is -2.34. The molecule has 1 heterocycles. The maximum absolute atomic E-state index is 12.3. The summed E-state index contributed by atoms with van der Waals surface area (Å²) in [5.41, 5.74) is 0.0161. The van der Waals surface area contributed by atoms with Crippen molar-refractivity contribution in [1.82, 2.24) is 9.55 Å². The lowest BCUT2D eigenvalue weighted by atomic mass is 9.82. The van der Waals surface area contributed by atoms with Crippen molar-refractivity contribution in [2.24, 2.45) is 5.92 Å². The van der Waals surface area contributed by atoms with Crippen molar-refractivity contribution in [3.63, 3.8) is 0 Å². The third-order valence-electron chi connectivity index (χ3n) is 3.89. The fourth-order valence-corrected chi connectivity index (χ4v) is 2.64. The van der Waals surface area contributed by atoms with Crippen molar-refractivity contribution in [2.75, 3.05) is 18.5 Å². The van der Waals surface area contributed by atoms with Crippen molar-refractivity contribution >= 4 is 5.82 Å². The second-order valence-electron chi connectivity index (χ2n) is 5.57. The Morgan fingerprint density at radius 1 is 1.50 bits per heavy atom. The van der Waals surface area contributed by atoms with Crippen LogP contribution in [0.5, 0.6) is 0 Å². The van der Waals surface area contributed by atoms with Gasteiger partial charge in [0.05, 0.1) is 6.10 Å². The molecule has 0 bridgehead atoms. The number of aromatic nitrogens is 2. The summed E-state index contributed by atoms with van der Waals surface area (Å²) in [5, 5.41) is 9.28. The molecule has 1 N–H and O–H groups in total. The lowest BCUT2D eigenvalue weighted by molar-refractivity contribution is 0.0464. The Balaban J connectivity index is 1.74. The highest BCUT2D eigenvalue weighted by Gasteiger charge is 2.30. The van der Waals surface area contributed by atoms with Crippen LogP contribution >= 0.6 is 0 Å². The van der Waals surface area contributed by atoms with Crippen LogP contribution in [0.1, 0.15) is 31.7 Å². The van der Waals surface area contributed by atoms with Gasteiger partial charge >= 0.3 is 0 Å². The van der Waals surface area contributed by atoms with Crippen LogP contribution in [0, 0.1) is 5.92 Å². The van der Waals surface area contributed by atoms with Crippen LogP contribution in [0.4, 0.5) is 5.82 Å². The van der Waals surface area contributed by atoms with E-state index in [1.807, 2.05) is 11.9 Å². The molecule has 0 aliphatic heterocycles. The molecule has 3 rings (SSSR count). The van der Waals surface area contributed by atoms with E-state index in [2.05, 4.69) is 4.98 Å². The molecule has 2 aliphatic rings. The number of hydrogen-bond donors (Lipinski definition) is 1. The van der Waals surface area contributed by atoms with Crippen molar-refractivity contribution < 1.29 is 5.11 Å². The number of aliphatic hydroxyl groups is 1. The molecule has 0 radical (unpaired) electrons. The quantitative estimate of drug-likeness (QED) is 0.857. The molecule has 18 heavy (non-hydrogen) atoms. The monoisotopic (exact) mass is 249 g/mol. The van der Waals surface area contributed by atoms with E-state index in [0.29, 0.717) is 17.8 Å². The zero-order valence-corrected chi connectivity index (χ0v) is 10.6. The van der Waals surface area contributed by atoms with Crippen LogP contribution in [0.2, 0.25) is 0 Å². The van der Waals surface area contributed by atoms with Crippen LogP contribution in [0.15, 0.2) is 17.2 Å². The lowest BCUT2D eigenvalue weighted by Crippen LogP contribution is -2.39. The van der Waals surface area contributed by atoms with E-state index in [0.717, 1.165) is 32.2 Å². The Bertz CT molecular complexity index is 489. The van der Waals surface area contributed by atoms with Crippen LogP contribution in [-0.2, 0) is 0 Å². The Morgan fingerprint density at radius 3 is 2.83 bits per heavy atom. The molecule has 0 atom stereocenters. The first-order chi connectivity index (χ1) is 8.65. The first-order valence-electron chi connectivity index (χ1n) is 6.61. The standard InChI is InChI=1S/C13H19N3O2/c1-15(8-9-6-11(17)7-9)12-13(18)16(5-4-14-12)10-2-3-10/h4-5,9-11,17H,2-3,6-8H2,1H3. The Labute approximate surface area is 106 Å². The number of rotatable bonds is 4. The molecule has 2 saturated carbocycles. The van der Waals surface area contributed by atoms with E-state index >= 15 is 0 Å². The van der Waals surface area contributed by atoms with Gasteiger partial charge in [-0.2, -0.15) is 0 Å². The molecule has 5 heteroatoms.